The topological polar surface area (TPSA) is 69.6 Å². The van der Waals surface area contributed by atoms with Crippen molar-refractivity contribution >= 4 is 11.9 Å². The highest BCUT2D eigenvalue weighted by molar-refractivity contribution is 5.88. The molecule has 0 aromatic rings. The Bertz CT molecular complexity index is 265. The number of carbonyl (C=O) groups is 2. The van der Waals surface area contributed by atoms with Crippen LogP contribution in [0.1, 0.15) is 20.3 Å². The number of nitrogens with zero attached hydrogens (tertiary/aromatic N) is 1. The Morgan fingerprint density at radius 3 is 2.53 bits per heavy atom. The van der Waals surface area contributed by atoms with E-state index in [2.05, 4.69) is 5.32 Å². The van der Waals surface area contributed by atoms with Crippen LogP contribution in [0, 0.1) is 5.92 Å². The fourth-order valence-electron chi connectivity index (χ4n) is 2.02. The molecule has 86 valence electrons. The Kier molecular flexibility index (Phi) is 3.68. The molecule has 1 heterocycles. The van der Waals surface area contributed by atoms with Gasteiger partial charge in [-0.2, -0.15) is 0 Å². The Balaban J connectivity index is 2.79. The van der Waals surface area contributed by atoms with Crippen LogP contribution < -0.4 is 5.32 Å². The molecule has 1 saturated heterocycles. The third-order valence-corrected chi connectivity index (χ3v) is 2.81. The zero-order chi connectivity index (χ0) is 11.6. The molecule has 0 saturated carbocycles. The fraction of sp³-hybridized carbons (Fsp3) is 0.800. The third-order valence-electron chi connectivity index (χ3n) is 2.81. The molecule has 0 aliphatic carbocycles. The second-order valence-electron chi connectivity index (χ2n) is 4.19. The number of carbonyl (C=O) groups excluding carboxylic acids is 1. The molecular weight excluding hydrogens is 196 g/mol. The number of amides is 1. The van der Waals surface area contributed by atoms with Gasteiger partial charge in [0.25, 0.3) is 0 Å². The summed E-state index contributed by atoms with van der Waals surface area (Å²) < 4.78 is 0. The summed E-state index contributed by atoms with van der Waals surface area (Å²) in [5.41, 5.74) is 0. The Labute approximate surface area is 89.4 Å². The van der Waals surface area contributed by atoms with Crippen molar-refractivity contribution in [1.29, 1.82) is 0 Å². The van der Waals surface area contributed by atoms with Crippen LogP contribution in [0.25, 0.3) is 0 Å². The molecule has 2 atom stereocenters. The lowest BCUT2D eigenvalue weighted by Gasteiger charge is -2.27. The monoisotopic (exact) mass is 214 g/mol. The quantitative estimate of drug-likeness (QED) is 0.686. The average molecular weight is 214 g/mol. The molecule has 1 unspecified atom stereocenters. The summed E-state index contributed by atoms with van der Waals surface area (Å²) in [6, 6.07) is -0.915. The van der Waals surface area contributed by atoms with Gasteiger partial charge in [0.1, 0.15) is 6.04 Å². The molecule has 1 aliphatic heterocycles. The first kappa shape index (κ1) is 12.0. The normalized spacial score (nSPS) is 23.6. The van der Waals surface area contributed by atoms with Crippen LogP contribution in [0.5, 0.6) is 0 Å². The van der Waals surface area contributed by atoms with Crippen LogP contribution in [0.2, 0.25) is 0 Å². The Hall–Kier alpha value is -1.10. The molecular formula is C10H18N2O3. The van der Waals surface area contributed by atoms with Gasteiger partial charge >= 0.3 is 5.97 Å². The zero-order valence-corrected chi connectivity index (χ0v) is 9.36. The molecule has 0 radical (unpaired) electrons. The molecule has 5 heteroatoms. The number of carboxylic acids is 1. The van der Waals surface area contributed by atoms with Gasteiger partial charge in [-0.15, -0.1) is 0 Å². The predicted octanol–water partition coefficient (Wildman–Crippen LogP) is -0.0841. The highest BCUT2D eigenvalue weighted by atomic mass is 16.4. The maximum Gasteiger partial charge on any atom is 0.326 e. The first-order chi connectivity index (χ1) is 6.99. The van der Waals surface area contributed by atoms with Crippen molar-refractivity contribution in [2.75, 3.05) is 13.6 Å². The second kappa shape index (κ2) is 4.61. The lowest BCUT2D eigenvalue weighted by molar-refractivity contribution is -0.150. The predicted molar refractivity (Wildman–Crippen MR) is 55.4 cm³/mol. The summed E-state index contributed by atoms with van der Waals surface area (Å²) in [7, 11) is 1.72. The van der Waals surface area contributed by atoms with Gasteiger partial charge in [0, 0.05) is 6.54 Å². The van der Waals surface area contributed by atoms with Gasteiger partial charge in [0.05, 0.1) is 6.04 Å². The largest absolute Gasteiger partial charge is 0.480 e. The van der Waals surface area contributed by atoms with Gasteiger partial charge in [-0.1, -0.05) is 13.8 Å². The van der Waals surface area contributed by atoms with Crippen LogP contribution >= 0.6 is 0 Å². The van der Waals surface area contributed by atoms with Crippen LogP contribution in [0.3, 0.4) is 0 Å². The van der Waals surface area contributed by atoms with Crippen molar-refractivity contribution in [1.82, 2.24) is 10.2 Å². The van der Waals surface area contributed by atoms with Gasteiger partial charge in [-0.05, 0) is 19.4 Å². The molecule has 2 N–H and O–H groups in total. The van der Waals surface area contributed by atoms with E-state index in [9.17, 15) is 9.59 Å². The summed E-state index contributed by atoms with van der Waals surface area (Å²) in [5.74, 6) is -1.09. The summed E-state index contributed by atoms with van der Waals surface area (Å²) >= 11 is 0. The number of likely N-dealkylation sites (tertiary alicyclic amines) is 1. The van der Waals surface area contributed by atoms with Crippen LogP contribution in [0.4, 0.5) is 0 Å². The smallest absolute Gasteiger partial charge is 0.326 e. The summed E-state index contributed by atoms with van der Waals surface area (Å²) in [6.07, 6.45) is 0.686. The number of carboxylic acid groups (broad SMARTS) is 1. The lowest BCUT2D eigenvalue weighted by Crippen LogP contribution is -2.48. The molecule has 1 aliphatic rings. The van der Waals surface area contributed by atoms with Crippen molar-refractivity contribution in [3.05, 3.63) is 0 Å². The number of rotatable bonds is 4. The molecule has 0 spiro atoms. The second-order valence-corrected chi connectivity index (χ2v) is 4.19. The van der Waals surface area contributed by atoms with E-state index >= 15 is 0 Å². The molecule has 1 fully saturated rings. The molecule has 1 amide bonds. The fourth-order valence-corrected chi connectivity index (χ4v) is 2.02. The van der Waals surface area contributed by atoms with Gasteiger partial charge in [-0.3, -0.25) is 4.79 Å². The number of hydrogen-bond donors (Lipinski definition) is 2. The van der Waals surface area contributed by atoms with E-state index in [0.29, 0.717) is 13.0 Å². The van der Waals surface area contributed by atoms with E-state index < -0.39 is 12.0 Å². The van der Waals surface area contributed by atoms with Crippen LogP contribution in [0.15, 0.2) is 0 Å². The zero-order valence-electron chi connectivity index (χ0n) is 9.36. The number of nitrogens with one attached hydrogen (secondary N) is 1. The van der Waals surface area contributed by atoms with Crippen molar-refractivity contribution in [3.8, 4) is 0 Å². The van der Waals surface area contributed by atoms with E-state index in [4.69, 9.17) is 5.11 Å². The van der Waals surface area contributed by atoms with E-state index in [-0.39, 0.29) is 17.9 Å². The highest BCUT2D eigenvalue weighted by Crippen LogP contribution is 2.19. The Morgan fingerprint density at radius 2 is 2.20 bits per heavy atom. The van der Waals surface area contributed by atoms with Crippen molar-refractivity contribution in [2.24, 2.45) is 5.92 Å². The van der Waals surface area contributed by atoms with Crippen LogP contribution in [-0.2, 0) is 9.59 Å². The molecule has 5 nitrogen and oxygen atoms in total. The van der Waals surface area contributed by atoms with Gasteiger partial charge in [-0.25, -0.2) is 4.79 Å². The van der Waals surface area contributed by atoms with Crippen LogP contribution in [-0.4, -0.2) is 47.6 Å². The summed E-state index contributed by atoms with van der Waals surface area (Å²) in [5, 5.41) is 12.0. The minimum absolute atomic E-state index is 0.0675. The van der Waals surface area contributed by atoms with E-state index in [0.717, 1.165) is 0 Å². The molecule has 0 aromatic carbocycles. The van der Waals surface area contributed by atoms with Gasteiger partial charge in [0.15, 0.2) is 0 Å². The molecule has 1 rings (SSSR count). The standard InChI is InChI=1S/C10H18N2O3/c1-6(2)8(10(14)15)12-5-4-7(11-3)9(12)13/h6-8,11H,4-5H2,1-3H3,(H,14,15)/t7-,8?/m1/s1. The van der Waals surface area contributed by atoms with Gasteiger partial charge in [0.2, 0.25) is 5.91 Å². The van der Waals surface area contributed by atoms with Crippen molar-refractivity contribution < 1.29 is 14.7 Å². The van der Waals surface area contributed by atoms with E-state index in [1.165, 1.54) is 4.90 Å². The number of hydrogen-bond acceptors (Lipinski definition) is 3. The maximum absolute atomic E-state index is 11.8. The lowest BCUT2D eigenvalue weighted by atomic mass is 10.0. The maximum atomic E-state index is 11.8. The minimum atomic E-state index is -0.921. The average Bonchev–Trinajstić information content (AvgIpc) is 2.47. The summed E-state index contributed by atoms with van der Waals surface area (Å²) in [4.78, 5) is 24.3. The van der Waals surface area contributed by atoms with Gasteiger partial charge < -0.3 is 15.3 Å². The first-order valence-corrected chi connectivity index (χ1v) is 5.19. The minimum Gasteiger partial charge on any atom is -0.480 e. The van der Waals surface area contributed by atoms with E-state index in [1.807, 2.05) is 13.8 Å². The third kappa shape index (κ3) is 2.28. The number of aliphatic carboxylic acids is 1. The molecule has 0 bridgehead atoms. The first-order valence-electron chi connectivity index (χ1n) is 5.19. The molecule has 15 heavy (non-hydrogen) atoms. The Morgan fingerprint density at radius 1 is 1.60 bits per heavy atom. The SMILES string of the molecule is CN[C@@H]1CCN(C(C(=O)O)C(C)C)C1=O. The van der Waals surface area contributed by atoms with Crippen molar-refractivity contribution in [2.45, 2.75) is 32.4 Å². The number of likely N-dealkylation sites (N-methyl/N-ethyl adjacent to an activating group) is 1. The molecule has 0 aromatic heterocycles. The van der Waals surface area contributed by atoms with E-state index in [1.54, 1.807) is 7.05 Å². The van der Waals surface area contributed by atoms with Crippen molar-refractivity contribution in [3.63, 3.8) is 0 Å². The highest BCUT2D eigenvalue weighted by Gasteiger charge is 2.39. The summed E-state index contributed by atoms with van der Waals surface area (Å²) in [6.45, 7) is 4.16.